The van der Waals surface area contributed by atoms with Crippen molar-refractivity contribution in [2.24, 2.45) is 0 Å². The first-order valence-corrected chi connectivity index (χ1v) is 8.22. The van der Waals surface area contributed by atoms with Crippen LogP contribution >= 0.6 is 11.6 Å². The van der Waals surface area contributed by atoms with Crippen LogP contribution in [0.2, 0.25) is 0 Å². The van der Waals surface area contributed by atoms with Gasteiger partial charge in [-0.25, -0.2) is 17.1 Å². The first-order chi connectivity index (χ1) is 9.28. The molecule has 0 fully saturated rings. The Balaban J connectivity index is 2.92. The molecule has 0 atom stereocenters. The van der Waals surface area contributed by atoms with E-state index in [4.69, 9.17) is 11.6 Å². The standard InChI is InChI=1S/C13H20ClFN2O2S/c1-16(2)7-4-8-17(3)20(18,19)13-9-11(10-14)5-6-12(13)15/h5-6,9H,4,7-8,10H2,1-3H3. The van der Waals surface area contributed by atoms with Crippen molar-refractivity contribution in [1.82, 2.24) is 9.21 Å². The Morgan fingerprint density at radius 2 is 1.85 bits per heavy atom. The van der Waals surface area contributed by atoms with Crippen LogP contribution in [0.5, 0.6) is 0 Å². The van der Waals surface area contributed by atoms with E-state index in [1.807, 2.05) is 19.0 Å². The Hall–Kier alpha value is -0.690. The van der Waals surface area contributed by atoms with Gasteiger partial charge in [0.2, 0.25) is 10.0 Å². The average molecular weight is 323 g/mol. The molecule has 0 aliphatic carbocycles. The quantitative estimate of drug-likeness (QED) is 0.722. The SMILES string of the molecule is CN(C)CCCN(C)S(=O)(=O)c1cc(CCl)ccc1F. The Morgan fingerprint density at radius 3 is 2.40 bits per heavy atom. The first kappa shape index (κ1) is 17.4. The van der Waals surface area contributed by atoms with Crippen LogP contribution in [0.15, 0.2) is 23.1 Å². The summed E-state index contributed by atoms with van der Waals surface area (Å²) in [6, 6.07) is 3.91. The topological polar surface area (TPSA) is 40.6 Å². The average Bonchev–Trinajstić information content (AvgIpc) is 2.38. The normalized spacial score (nSPS) is 12.3. The summed E-state index contributed by atoms with van der Waals surface area (Å²) in [4.78, 5) is 1.65. The molecule has 0 radical (unpaired) electrons. The van der Waals surface area contributed by atoms with Gasteiger partial charge in [-0.15, -0.1) is 11.6 Å². The molecule has 20 heavy (non-hydrogen) atoms. The minimum Gasteiger partial charge on any atom is -0.309 e. The van der Waals surface area contributed by atoms with Crippen molar-refractivity contribution in [3.8, 4) is 0 Å². The molecule has 0 spiro atoms. The summed E-state index contributed by atoms with van der Waals surface area (Å²) in [5.41, 5.74) is 0.577. The molecule has 0 aliphatic rings. The van der Waals surface area contributed by atoms with Crippen molar-refractivity contribution < 1.29 is 12.8 Å². The second-order valence-electron chi connectivity index (χ2n) is 4.88. The number of halogens is 2. The van der Waals surface area contributed by atoms with Crippen LogP contribution < -0.4 is 0 Å². The van der Waals surface area contributed by atoms with E-state index in [0.29, 0.717) is 18.5 Å². The third-order valence-corrected chi connectivity index (χ3v) is 5.10. The number of rotatable bonds is 7. The van der Waals surface area contributed by atoms with Crippen LogP contribution in [0, 0.1) is 5.82 Å². The summed E-state index contributed by atoms with van der Waals surface area (Å²) < 4.78 is 39.6. The summed E-state index contributed by atoms with van der Waals surface area (Å²) in [6.07, 6.45) is 0.680. The van der Waals surface area contributed by atoms with Crippen LogP contribution in [0.3, 0.4) is 0 Å². The molecule has 0 unspecified atom stereocenters. The summed E-state index contributed by atoms with van der Waals surface area (Å²) in [6.45, 7) is 1.11. The second kappa shape index (κ2) is 7.36. The van der Waals surface area contributed by atoms with Gasteiger partial charge in [-0.05, 0) is 44.8 Å². The van der Waals surface area contributed by atoms with Gasteiger partial charge in [0.1, 0.15) is 10.7 Å². The third-order valence-electron chi connectivity index (χ3n) is 2.92. The Kier molecular flexibility index (Phi) is 6.39. The fourth-order valence-corrected chi connectivity index (χ4v) is 3.21. The predicted octanol–water partition coefficient (Wildman–Crippen LogP) is 2.14. The molecule has 1 rings (SSSR count). The maximum Gasteiger partial charge on any atom is 0.245 e. The number of sulfonamides is 1. The van der Waals surface area contributed by atoms with Crippen molar-refractivity contribution in [2.75, 3.05) is 34.2 Å². The molecule has 0 N–H and O–H groups in total. The number of benzene rings is 1. The molecule has 0 amide bonds. The minimum atomic E-state index is -3.82. The summed E-state index contributed by atoms with van der Waals surface area (Å²) in [5.74, 6) is -0.606. The van der Waals surface area contributed by atoms with E-state index in [-0.39, 0.29) is 10.8 Å². The van der Waals surface area contributed by atoms with Gasteiger partial charge in [0.15, 0.2) is 0 Å². The van der Waals surface area contributed by atoms with E-state index in [2.05, 4.69) is 0 Å². The van der Waals surface area contributed by atoms with Crippen molar-refractivity contribution in [3.05, 3.63) is 29.6 Å². The van der Waals surface area contributed by atoms with Crippen LogP contribution in [0.4, 0.5) is 4.39 Å². The molecule has 4 nitrogen and oxygen atoms in total. The minimum absolute atomic E-state index is 0.146. The zero-order valence-corrected chi connectivity index (χ0v) is 13.5. The molecule has 1 aromatic rings. The lowest BCUT2D eigenvalue weighted by Gasteiger charge is -2.19. The number of alkyl halides is 1. The van der Waals surface area contributed by atoms with E-state index in [1.54, 1.807) is 0 Å². The molecule has 114 valence electrons. The van der Waals surface area contributed by atoms with Crippen molar-refractivity contribution >= 4 is 21.6 Å². The fraction of sp³-hybridized carbons (Fsp3) is 0.538. The van der Waals surface area contributed by atoms with Gasteiger partial charge in [0.25, 0.3) is 0 Å². The van der Waals surface area contributed by atoms with Crippen LogP contribution in [-0.4, -0.2) is 51.9 Å². The highest BCUT2D eigenvalue weighted by Crippen LogP contribution is 2.21. The van der Waals surface area contributed by atoms with Gasteiger partial charge in [-0.2, -0.15) is 0 Å². The number of nitrogens with zero attached hydrogens (tertiary/aromatic N) is 2. The lowest BCUT2D eigenvalue weighted by molar-refractivity contribution is 0.369. The molecule has 0 saturated carbocycles. The molecule has 0 bridgehead atoms. The lowest BCUT2D eigenvalue weighted by atomic mass is 10.2. The predicted molar refractivity (Wildman–Crippen MR) is 78.9 cm³/mol. The molecule has 0 aliphatic heterocycles. The second-order valence-corrected chi connectivity index (χ2v) is 7.16. The van der Waals surface area contributed by atoms with Crippen molar-refractivity contribution in [3.63, 3.8) is 0 Å². The van der Waals surface area contributed by atoms with E-state index >= 15 is 0 Å². The maximum atomic E-state index is 13.8. The van der Waals surface area contributed by atoms with Gasteiger partial charge in [0.05, 0.1) is 0 Å². The van der Waals surface area contributed by atoms with Gasteiger partial charge in [-0.1, -0.05) is 6.07 Å². The Labute approximate surface area is 125 Å². The zero-order valence-electron chi connectivity index (χ0n) is 11.9. The summed E-state index contributed by atoms with van der Waals surface area (Å²) >= 11 is 5.66. The fourth-order valence-electron chi connectivity index (χ4n) is 1.73. The van der Waals surface area contributed by atoms with E-state index in [1.165, 1.54) is 23.5 Å². The largest absolute Gasteiger partial charge is 0.309 e. The molecule has 0 aromatic heterocycles. The highest BCUT2D eigenvalue weighted by atomic mass is 35.5. The number of hydrogen-bond donors (Lipinski definition) is 0. The third kappa shape index (κ3) is 4.41. The van der Waals surface area contributed by atoms with Crippen LogP contribution in [0.25, 0.3) is 0 Å². The number of hydrogen-bond acceptors (Lipinski definition) is 3. The van der Waals surface area contributed by atoms with Gasteiger partial charge in [0, 0.05) is 19.5 Å². The molecule has 1 aromatic carbocycles. The van der Waals surface area contributed by atoms with E-state index in [0.717, 1.165) is 12.6 Å². The summed E-state index contributed by atoms with van der Waals surface area (Å²) in [7, 11) is 1.47. The van der Waals surface area contributed by atoms with Crippen molar-refractivity contribution in [2.45, 2.75) is 17.2 Å². The molecule has 0 heterocycles. The first-order valence-electron chi connectivity index (χ1n) is 6.24. The lowest BCUT2D eigenvalue weighted by Crippen LogP contribution is -2.30. The summed E-state index contributed by atoms with van der Waals surface area (Å²) in [5, 5.41) is 0. The smallest absolute Gasteiger partial charge is 0.245 e. The Morgan fingerprint density at radius 1 is 1.20 bits per heavy atom. The zero-order chi connectivity index (χ0) is 15.3. The Bertz CT molecular complexity index is 549. The van der Waals surface area contributed by atoms with E-state index in [9.17, 15) is 12.8 Å². The monoisotopic (exact) mass is 322 g/mol. The molecule has 7 heteroatoms. The van der Waals surface area contributed by atoms with E-state index < -0.39 is 15.8 Å². The van der Waals surface area contributed by atoms with Crippen molar-refractivity contribution in [1.29, 1.82) is 0 Å². The molecular formula is C13H20ClFN2O2S. The van der Waals surface area contributed by atoms with Crippen LogP contribution in [0.1, 0.15) is 12.0 Å². The van der Waals surface area contributed by atoms with Crippen LogP contribution in [-0.2, 0) is 15.9 Å². The van der Waals surface area contributed by atoms with Gasteiger partial charge < -0.3 is 4.90 Å². The molecular weight excluding hydrogens is 303 g/mol. The molecule has 0 saturated heterocycles. The highest BCUT2D eigenvalue weighted by Gasteiger charge is 2.24. The highest BCUT2D eigenvalue weighted by molar-refractivity contribution is 7.89. The van der Waals surface area contributed by atoms with Gasteiger partial charge >= 0.3 is 0 Å². The maximum absolute atomic E-state index is 13.8. The van der Waals surface area contributed by atoms with Gasteiger partial charge in [-0.3, -0.25) is 0 Å².